The fourth-order valence-corrected chi connectivity index (χ4v) is 3.74. The van der Waals surface area contributed by atoms with Crippen molar-refractivity contribution in [3.8, 4) is 0 Å². The van der Waals surface area contributed by atoms with Crippen LogP contribution in [0.4, 0.5) is 0 Å². The molecular weight excluding hydrogens is 457 g/mol. The molecule has 1 aromatic rings. The molecule has 30 heavy (non-hydrogen) atoms. The second kappa shape index (κ2) is 10.2. The van der Waals surface area contributed by atoms with Gasteiger partial charge in [-0.05, 0) is 30.5 Å². The molecule has 0 aromatic heterocycles. The van der Waals surface area contributed by atoms with Gasteiger partial charge in [-0.3, -0.25) is 23.9 Å². The van der Waals surface area contributed by atoms with Crippen LogP contribution in [0, 0.1) is 5.92 Å². The van der Waals surface area contributed by atoms with Crippen LogP contribution in [0.2, 0.25) is 10.0 Å². The predicted octanol–water partition coefficient (Wildman–Crippen LogP) is 0.536. The first-order chi connectivity index (χ1) is 14.0. The summed E-state index contributed by atoms with van der Waals surface area (Å²) in [5, 5.41) is 3.53. The molecule has 2 N–H and O–H groups in total. The van der Waals surface area contributed by atoms with Crippen molar-refractivity contribution in [2.24, 2.45) is 5.92 Å². The van der Waals surface area contributed by atoms with E-state index in [2.05, 4.69) is 5.32 Å². The van der Waals surface area contributed by atoms with Crippen molar-refractivity contribution in [1.82, 2.24) is 14.9 Å². The standard InChI is InChI=1S/C18H21Cl2N3O6S/c1-30(28,29)22-15(24)6-8-23-10-12(16(25)18(23)27)17(26)21-7-2-3-11-4-5-13(19)14(20)9-11/h4-5,9,12H,2-3,6-8,10H2,1H3,(H,21,26)(H,22,24). The number of ketones is 1. The van der Waals surface area contributed by atoms with Crippen molar-refractivity contribution < 1.29 is 27.6 Å². The average molecular weight is 478 g/mol. The van der Waals surface area contributed by atoms with Crippen LogP contribution in [0.5, 0.6) is 0 Å². The summed E-state index contributed by atoms with van der Waals surface area (Å²) in [6.07, 6.45) is 1.76. The van der Waals surface area contributed by atoms with Crippen LogP contribution >= 0.6 is 23.2 Å². The number of nitrogens with zero attached hydrogens (tertiary/aromatic N) is 1. The highest BCUT2D eigenvalue weighted by molar-refractivity contribution is 7.89. The summed E-state index contributed by atoms with van der Waals surface area (Å²) in [4.78, 5) is 49.0. The van der Waals surface area contributed by atoms with Gasteiger partial charge in [-0.2, -0.15) is 0 Å². The summed E-state index contributed by atoms with van der Waals surface area (Å²) < 4.78 is 23.8. The maximum atomic E-state index is 12.3. The third-order valence-electron chi connectivity index (χ3n) is 4.37. The molecule has 1 fully saturated rings. The van der Waals surface area contributed by atoms with Gasteiger partial charge in [0, 0.05) is 26.1 Å². The Balaban J connectivity index is 1.78. The third-order valence-corrected chi connectivity index (χ3v) is 5.70. The molecule has 0 spiro atoms. The SMILES string of the molecule is CS(=O)(=O)NC(=O)CCN1CC(C(=O)NCCCc2ccc(Cl)c(Cl)c2)C(=O)C1=O. The Morgan fingerprint density at radius 1 is 1.20 bits per heavy atom. The Morgan fingerprint density at radius 2 is 1.90 bits per heavy atom. The number of carbonyl (C=O) groups is 4. The first-order valence-corrected chi connectivity index (χ1v) is 11.7. The zero-order valence-corrected chi connectivity index (χ0v) is 18.4. The van der Waals surface area contributed by atoms with Gasteiger partial charge in [-0.1, -0.05) is 29.3 Å². The topological polar surface area (TPSA) is 130 Å². The van der Waals surface area contributed by atoms with E-state index >= 15 is 0 Å². The molecule has 1 aliphatic rings. The molecule has 1 aromatic carbocycles. The summed E-state index contributed by atoms with van der Waals surface area (Å²) in [5.74, 6) is -4.22. The fraction of sp³-hybridized carbons (Fsp3) is 0.444. The lowest BCUT2D eigenvalue weighted by atomic mass is 10.1. The highest BCUT2D eigenvalue weighted by atomic mass is 35.5. The van der Waals surface area contributed by atoms with E-state index in [0.29, 0.717) is 29.4 Å². The molecule has 1 aliphatic heterocycles. The van der Waals surface area contributed by atoms with Gasteiger partial charge in [0.2, 0.25) is 27.6 Å². The number of sulfonamides is 1. The molecule has 9 nitrogen and oxygen atoms in total. The monoisotopic (exact) mass is 477 g/mol. The molecule has 0 bridgehead atoms. The van der Waals surface area contributed by atoms with Crippen LogP contribution in [0.1, 0.15) is 18.4 Å². The number of hydrogen-bond donors (Lipinski definition) is 2. The number of hydrogen-bond acceptors (Lipinski definition) is 6. The molecule has 0 radical (unpaired) electrons. The lowest BCUT2D eigenvalue weighted by molar-refractivity contribution is -0.142. The molecular formula is C18H21Cl2N3O6S. The highest BCUT2D eigenvalue weighted by Crippen LogP contribution is 2.23. The van der Waals surface area contributed by atoms with E-state index in [1.54, 1.807) is 16.9 Å². The van der Waals surface area contributed by atoms with Gasteiger partial charge in [0.25, 0.3) is 5.91 Å². The minimum Gasteiger partial charge on any atom is -0.355 e. The van der Waals surface area contributed by atoms with Crippen LogP contribution in [0.3, 0.4) is 0 Å². The van der Waals surface area contributed by atoms with Gasteiger partial charge in [-0.15, -0.1) is 0 Å². The Labute approximate surface area is 184 Å². The van der Waals surface area contributed by atoms with Crippen LogP contribution in [0.15, 0.2) is 18.2 Å². The molecule has 2 rings (SSSR count). The summed E-state index contributed by atoms with van der Waals surface area (Å²) in [6, 6.07) is 5.25. The molecule has 3 amide bonds. The molecule has 0 saturated carbocycles. The minimum atomic E-state index is -3.70. The first kappa shape index (κ1) is 24.1. The van der Waals surface area contributed by atoms with Gasteiger partial charge in [-0.25, -0.2) is 8.42 Å². The van der Waals surface area contributed by atoms with Crippen molar-refractivity contribution in [2.75, 3.05) is 25.9 Å². The maximum absolute atomic E-state index is 12.3. The van der Waals surface area contributed by atoms with Gasteiger partial charge in [0.05, 0.1) is 16.3 Å². The molecule has 1 saturated heterocycles. The minimum absolute atomic E-state index is 0.150. The van der Waals surface area contributed by atoms with E-state index in [1.165, 1.54) is 0 Å². The van der Waals surface area contributed by atoms with Gasteiger partial charge in [0.1, 0.15) is 5.92 Å². The fourth-order valence-electron chi connectivity index (χ4n) is 2.90. The van der Waals surface area contributed by atoms with Crippen molar-refractivity contribution in [3.63, 3.8) is 0 Å². The quantitative estimate of drug-likeness (QED) is 0.303. The largest absolute Gasteiger partial charge is 0.355 e. The first-order valence-electron chi connectivity index (χ1n) is 9.03. The molecule has 1 heterocycles. The third kappa shape index (κ3) is 6.96. The van der Waals surface area contributed by atoms with Crippen molar-refractivity contribution in [1.29, 1.82) is 0 Å². The van der Waals surface area contributed by atoms with E-state index < -0.39 is 39.4 Å². The predicted molar refractivity (Wildman–Crippen MR) is 110 cm³/mol. The summed E-state index contributed by atoms with van der Waals surface area (Å²) in [5.41, 5.74) is 0.948. The Kier molecular flexibility index (Phi) is 8.22. The van der Waals surface area contributed by atoms with Gasteiger partial charge >= 0.3 is 0 Å². The van der Waals surface area contributed by atoms with E-state index in [4.69, 9.17) is 23.2 Å². The molecule has 164 valence electrons. The number of halogens is 2. The summed E-state index contributed by atoms with van der Waals surface area (Å²) in [7, 11) is -3.70. The zero-order chi connectivity index (χ0) is 22.5. The second-order valence-corrected chi connectivity index (χ2v) is 9.42. The van der Waals surface area contributed by atoms with Crippen LogP contribution in [-0.4, -0.2) is 62.7 Å². The second-order valence-electron chi connectivity index (χ2n) is 6.86. The van der Waals surface area contributed by atoms with Crippen molar-refractivity contribution in [2.45, 2.75) is 19.3 Å². The van der Waals surface area contributed by atoms with E-state index in [-0.39, 0.29) is 19.5 Å². The number of nitrogens with one attached hydrogen (secondary N) is 2. The summed E-state index contributed by atoms with van der Waals surface area (Å²) >= 11 is 11.8. The molecule has 1 atom stereocenters. The number of rotatable bonds is 9. The van der Waals surface area contributed by atoms with Crippen LogP contribution < -0.4 is 10.0 Å². The number of Topliss-reactive ketones (excluding diaryl/α,β-unsaturated/α-hetero) is 1. The lowest BCUT2D eigenvalue weighted by Gasteiger charge is -2.15. The number of benzene rings is 1. The van der Waals surface area contributed by atoms with Crippen LogP contribution in [-0.2, 0) is 35.6 Å². The maximum Gasteiger partial charge on any atom is 0.290 e. The Bertz CT molecular complexity index is 967. The number of carbonyl (C=O) groups excluding carboxylic acids is 4. The zero-order valence-electron chi connectivity index (χ0n) is 16.1. The number of aryl methyl sites for hydroxylation is 1. The van der Waals surface area contributed by atoms with Crippen molar-refractivity contribution in [3.05, 3.63) is 33.8 Å². The number of likely N-dealkylation sites (tertiary alicyclic amines) is 1. The molecule has 1 unspecified atom stereocenters. The Hall–Kier alpha value is -2.17. The van der Waals surface area contributed by atoms with E-state index in [9.17, 15) is 27.6 Å². The Morgan fingerprint density at radius 3 is 2.53 bits per heavy atom. The van der Waals surface area contributed by atoms with E-state index in [0.717, 1.165) is 16.7 Å². The normalized spacial score (nSPS) is 16.6. The smallest absolute Gasteiger partial charge is 0.290 e. The lowest BCUT2D eigenvalue weighted by Crippen LogP contribution is -2.36. The average Bonchev–Trinajstić information content (AvgIpc) is 2.93. The van der Waals surface area contributed by atoms with Gasteiger partial charge < -0.3 is 10.2 Å². The summed E-state index contributed by atoms with van der Waals surface area (Å²) in [6.45, 7) is -0.0106. The van der Waals surface area contributed by atoms with E-state index in [1.807, 2.05) is 6.07 Å². The van der Waals surface area contributed by atoms with Gasteiger partial charge in [0.15, 0.2) is 0 Å². The highest BCUT2D eigenvalue weighted by Gasteiger charge is 2.42. The van der Waals surface area contributed by atoms with Crippen molar-refractivity contribution >= 4 is 56.7 Å². The molecule has 12 heteroatoms. The number of amides is 3. The molecule has 0 aliphatic carbocycles. The van der Waals surface area contributed by atoms with Crippen LogP contribution in [0.25, 0.3) is 0 Å².